The Labute approximate surface area is 129 Å². The number of rotatable bonds is 5. The molecule has 1 fully saturated rings. The van der Waals surface area contributed by atoms with Crippen molar-refractivity contribution in [3.8, 4) is 0 Å². The average Bonchev–Trinajstić information content (AvgIpc) is 3.02. The fraction of sp³-hybridized carbons (Fsp3) is 0.733. The SMILES string of the molecule is COCCC[C@@H]1CCCCN1c1nc2c(s1)c(C)nn2C. The third kappa shape index (κ3) is 2.92. The van der Waals surface area contributed by atoms with Gasteiger partial charge in [0, 0.05) is 33.4 Å². The van der Waals surface area contributed by atoms with E-state index in [2.05, 4.69) is 16.9 Å². The smallest absolute Gasteiger partial charge is 0.188 e. The van der Waals surface area contributed by atoms with Crippen LogP contribution in [0.2, 0.25) is 0 Å². The molecule has 0 radical (unpaired) electrons. The topological polar surface area (TPSA) is 43.2 Å². The molecule has 0 N–H and O–H groups in total. The molecule has 2 aromatic rings. The fourth-order valence-electron chi connectivity index (χ4n) is 3.21. The molecule has 0 saturated carbocycles. The second-order valence-electron chi connectivity index (χ2n) is 5.84. The Balaban J connectivity index is 1.82. The van der Waals surface area contributed by atoms with Crippen molar-refractivity contribution >= 4 is 26.8 Å². The molecule has 2 aromatic heterocycles. The van der Waals surface area contributed by atoms with Crippen LogP contribution in [0, 0.1) is 6.92 Å². The zero-order valence-electron chi connectivity index (χ0n) is 13.1. The highest BCUT2D eigenvalue weighted by Crippen LogP contribution is 2.35. The Bertz CT molecular complexity index is 572. The minimum absolute atomic E-state index is 0.614. The van der Waals surface area contributed by atoms with Crippen LogP contribution in [0.25, 0.3) is 10.3 Å². The van der Waals surface area contributed by atoms with Crippen LogP contribution in [-0.2, 0) is 11.8 Å². The van der Waals surface area contributed by atoms with Crippen molar-refractivity contribution in [2.75, 3.05) is 25.2 Å². The number of thiazole rings is 1. The summed E-state index contributed by atoms with van der Waals surface area (Å²) in [4.78, 5) is 7.37. The van der Waals surface area contributed by atoms with Crippen LogP contribution in [0.1, 0.15) is 37.8 Å². The van der Waals surface area contributed by atoms with Gasteiger partial charge in [-0.1, -0.05) is 11.3 Å². The maximum Gasteiger partial charge on any atom is 0.188 e. The Kier molecular flexibility index (Phi) is 4.45. The molecule has 1 aliphatic heterocycles. The standard InChI is InChI=1S/C15H24N4OS/c1-11-13-14(18(2)17-11)16-15(21-13)19-9-5-4-7-12(19)8-6-10-20-3/h12H,4-10H2,1-3H3/t12-/m0/s1. The van der Waals surface area contributed by atoms with E-state index in [1.807, 2.05) is 11.7 Å². The van der Waals surface area contributed by atoms with E-state index in [9.17, 15) is 0 Å². The maximum atomic E-state index is 5.20. The first-order valence-electron chi connectivity index (χ1n) is 7.76. The molecule has 0 amide bonds. The van der Waals surface area contributed by atoms with Crippen LogP contribution in [0.3, 0.4) is 0 Å². The summed E-state index contributed by atoms with van der Waals surface area (Å²) in [5.74, 6) is 0. The van der Waals surface area contributed by atoms with E-state index in [-0.39, 0.29) is 0 Å². The average molecular weight is 308 g/mol. The molecule has 0 bridgehead atoms. The second kappa shape index (κ2) is 6.32. The number of hydrogen-bond acceptors (Lipinski definition) is 5. The van der Waals surface area contributed by atoms with Crippen LogP contribution < -0.4 is 4.90 Å². The molecule has 116 valence electrons. The van der Waals surface area contributed by atoms with Gasteiger partial charge in [0.2, 0.25) is 0 Å². The molecular formula is C15H24N4OS. The summed E-state index contributed by atoms with van der Waals surface area (Å²) in [7, 11) is 3.76. The van der Waals surface area contributed by atoms with Gasteiger partial charge in [0.05, 0.1) is 10.4 Å². The zero-order chi connectivity index (χ0) is 14.8. The van der Waals surface area contributed by atoms with E-state index in [0.29, 0.717) is 6.04 Å². The lowest BCUT2D eigenvalue weighted by Gasteiger charge is -2.35. The van der Waals surface area contributed by atoms with Crippen molar-refractivity contribution in [3.63, 3.8) is 0 Å². The number of fused-ring (bicyclic) bond motifs is 1. The molecule has 6 heteroatoms. The number of piperidine rings is 1. The van der Waals surface area contributed by atoms with Gasteiger partial charge in [-0.3, -0.25) is 0 Å². The number of anilines is 1. The molecule has 3 rings (SSSR count). The summed E-state index contributed by atoms with van der Waals surface area (Å²) in [6.45, 7) is 4.05. The molecule has 1 aliphatic rings. The highest BCUT2D eigenvalue weighted by molar-refractivity contribution is 7.22. The molecule has 1 saturated heterocycles. The number of hydrogen-bond donors (Lipinski definition) is 0. The van der Waals surface area contributed by atoms with Gasteiger partial charge in [-0.25, -0.2) is 9.67 Å². The maximum absolute atomic E-state index is 5.20. The number of nitrogens with zero attached hydrogens (tertiary/aromatic N) is 4. The van der Waals surface area contributed by atoms with Crippen molar-refractivity contribution in [1.82, 2.24) is 14.8 Å². The lowest BCUT2D eigenvalue weighted by molar-refractivity contribution is 0.188. The number of ether oxygens (including phenoxy) is 1. The predicted molar refractivity (Wildman–Crippen MR) is 87.2 cm³/mol. The van der Waals surface area contributed by atoms with E-state index in [1.54, 1.807) is 18.4 Å². The monoisotopic (exact) mass is 308 g/mol. The normalized spacial score (nSPS) is 19.6. The van der Waals surface area contributed by atoms with Gasteiger partial charge in [0.1, 0.15) is 0 Å². The lowest BCUT2D eigenvalue weighted by atomic mass is 9.99. The van der Waals surface area contributed by atoms with Gasteiger partial charge in [-0.2, -0.15) is 5.10 Å². The molecular weight excluding hydrogens is 284 g/mol. The largest absolute Gasteiger partial charge is 0.385 e. The molecule has 1 atom stereocenters. The Morgan fingerprint density at radius 2 is 2.24 bits per heavy atom. The Morgan fingerprint density at radius 1 is 1.38 bits per heavy atom. The first-order chi connectivity index (χ1) is 10.2. The minimum Gasteiger partial charge on any atom is -0.385 e. The molecule has 0 aromatic carbocycles. The lowest BCUT2D eigenvalue weighted by Crippen LogP contribution is -2.39. The summed E-state index contributed by atoms with van der Waals surface area (Å²) in [5, 5.41) is 5.62. The Hall–Kier alpha value is -1.14. The number of aryl methyl sites for hydroxylation is 2. The molecule has 0 aliphatic carbocycles. The number of methoxy groups -OCH3 is 1. The highest BCUT2D eigenvalue weighted by Gasteiger charge is 2.25. The van der Waals surface area contributed by atoms with Crippen LogP contribution in [-0.4, -0.2) is 41.1 Å². The van der Waals surface area contributed by atoms with E-state index >= 15 is 0 Å². The number of aromatic nitrogens is 3. The van der Waals surface area contributed by atoms with Crippen LogP contribution >= 0.6 is 11.3 Å². The van der Waals surface area contributed by atoms with Gasteiger partial charge >= 0.3 is 0 Å². The van der Waals surface area contributed by atoms with Crippen molar-refractivity contribution in [1.29, 1.82) is 0 Å². The summed E-state index contributed by atoms with van der Waals surface area (Å²) in [6, 6.07) is 0.614. The van der Waals surface area contributed by atoms with Gasteiger partial charge in [-0.05, 0) is 39.0 Å². The van der Waals surface area contributed by atoms with Gasteiger partial charge in [-0.15, -0.1) is 0 Å². The quantitative estimate of drug-likeness (QED) is 0.796. The fourth-order valence-corrected chi connectivity index (χ4v) is 4.34. The first-order valence-corrected chi connectivity index (χ1v) is 8.58. The predicted octanol–water partition coefficient (Wildman–Crippen LogP) is 3.12. The molecule has 21 heavy (non-hydrogen) atoms. The first kappa shape index (κ1) is 14.8. The molecule has 0 spiro atoms. The van der Waals surface area contributed by atoms with Crippen molar-refractivity contribution < 1.29 is 4.74 Å². The summed E-state index contributed by atoms with van der Waals surface area (Å²) in [6.07, 6.45) is 6.20. The van der Waals surface area contributed by atoms with Gasteiger partial charge < -0.3 is 9.64 Å². The molecule has 3 heterocycles. The van der Waals surface area contributed by atoms with Crippen LogP contribution in [0.15, 0.2) is 0 Å². The molecule has 0 unspecified atom stereocenters. The van der Waals surface area contributed by atoms with Crippen LogP contribution in [0.5, 0.6) is 0 Å². The van der Waals surface area contributed by atoms with Crippen molar-refractivity contribution in [3.05, 3.63) is 5.69 Å². The minimum atomic E-state index is 0.614. The third-order valence-corrected chi connectivity index (χ3v) is 5.48. The van der Waals surface area contributed by atoms with Crippen LogP contribution in [0.4, 0.5) is 5.13 Å². The molecule has 5 nitrogen and oxygen atoms in total. The van der Waals surface area contributed by atoms with E-state index in [1.165, 1.54) is 35.5 Å². The van der Waals surface area contributed by atoms with E-state index < -0.39 is 0 Å². The zero-order valence-corrected chi connectivity index (χ0v) is 13.9. The summed E-state index contributed by atoms with van der Waals surface area (Å²) in [5.41, 5.74) is 2.11. The summed E-state index contributed by atoms with van der Waals surface area (Å²) < 4.78 is 8.33. The van der Waals surface area contributed by atoms with Crippen molar-refractivity contribution in [2.45, 2.75) is 45.1 Å². The summed E-state index contributed by atoms with van der Waals surface area (Å²) >= 11 is 1.79. The van der Waals surface area contributed by atoms with E-state index in [4.69, 9.17) is 9.72 Å². The third-order valence-electron chi connectivity index (χ3n) is 4.29. The van der Waals surface area contributed by atoms with Gasteiger partial charge in [0.25, 0.3) is 0 Å². The van der Waals surface area contributed by atoms with E-state index in [0.717, 1.165) is 30.9 Å². The highest BCUT2D eigenvalue weighted by atomic mass is 32.1. The Morgan fingerprint density at radius 3 is 3.00 bits per heavy atom. The second-order valence-corrected chi connectivity index (χ2v) is 6.81. The van der Waals surface area contributed by atoms with Crippen molar-refractivity contribution in [2.24, 2.45) is 7.05 Å². The van der Waals surface area contributed by atoms with Gasteiger partial charge in [0.15, 0.2) is 10.8 Å².